The van der Waals surface area contributed by atoms with Crippen LogP contribution in [-0.2, 0) is 6.54 Å². The minimum atomic E-state index is -0.533. The molecule has 0 aliphatic rings. The molecule has 0 spiro atoms. The number of aryl methyl sites for hydroxylation is 1. The number of thiazole rings is 1. The van der Waals surface area contributed by atoms with Crippen LogP contribution < -0.4 is 5.32 Å². The number of hydrogen-bond donors (Lipinski definition) is 1. The van der Waals surface area contributed by atoms with Crippen LogP contribution >= 0.6 is 23.1 Å². The van der Waals surface area contributed by atoms with Crippen LogP contribution in [0, 0.1) is 24.5 Å². The highest BCUT2D eigenvalue weighted by Crippen LogP contribution is 2.34. The van der Waals surface area contributed by atoms with Crippen molar-refractivity contribution in [2.75, 3.05) is 6.54 Å². The molecule has 0 saturated heterocycles. The summed E-state index contributed by atoms with van der Waals surface area (Å²) in [7, 11) is 0. The highest BCUT2D eigenvalue weighted by molar-refractivity contribution is 8.01. The van der Waals surface area contributed by atoms with Gasteiger partial charge in [0, 0.05) is 17.6 Å². The predicted octanol–water partition coefficient (Wildman–Crippen LogP) is 4.63. The van der Waals surface area contributed by atoms with Crippen molar-refractivity contribution in [3.05, 3.63) is 40.4 Å². The van der Waals surface area contributed by atoms with Crippen molar-refractivity contribution >= 4 is 23.1 Å². The fourth-order valence-electron chi connectivity index (χ4n) is 1.78. The Morgan fingerprint density at radius 3 is 2.48 bits per heavy atom. The quantitative estimate of drug-likeness (QED) is 0.837. The molecule has 0 atom stereocenters. The normalized spacial score (nSPS) is 11.3. The Labute approximate surface area is 132 Å². The van der Waals surface area contributed by atoms with Crippen molar-refractivity contribution in [3.8, 4) is 0 Å². The van der Waals surface area contributed by atoms with Crippen LogP contribution in [0.3, 0.4) is 0 Å². The first kappa shape index (κ1) is 16.4. The molecule has 2 rings (SSSR count). The standard InChI is InChI=1S/C15H18F2N2S2/c1-9(2)6-18-7-11-4-12(16)14(13(17)5-11)21-15-19-10(3)8-20-15/h4-5,8-9,18H,6-7H2,1-3H3. The van der Waals surface area contributed by atoms with E-state index in [2.05, 4.69) is 24.1 Å². The summed E-state index contributed by atoms with van der Waals surface area (Å²) in [5.74, 6) is -0.564. The topological polar surface area (TPSA) is 24.9 Å². The molecular weight excluding hydrogens is 310 g/mol. The van der Waals surface area contributed by atoms with Gasteiger partial charge in [-0.2, -0.15) is 0 Å². The maximum absolute atomic E-state index is 14.1. The van der Waals surface area contributed by atoms with Crippen LogP contribution in [0.5, 0.6) is 0 Å². The molecule has 0 amide bonds. The zero-order chi connectivity index (χ0) is 15.4. The van der Waals surface area contributed by atoms with Crippen molar-refractivity contribution < 1.29 is 8.78 Å². The highest BCUT2D eigenvalue weighted by Gasteiger charge is 2.14. The Morgan fingerprint density at radius 2 is 1.95 bits per heavy atom. The van der Waals surface area contributed by atoms with E-state index in [1.807, 2.05) is 12.3 Å². The molecule has 2 nitrogen and oxygen atoms in total. The van der Waals surface area contributed by atoms with Gasteiger partial charge in [0.25, 0.3) is 0 Å². The fourth-order valence-corrected chi connectivity index (χ4v) is 3.57. The Kier molecular flexibility index (Phi) is 5.72. The SMILES string of the molecule is Cc1csc(Sc2c(F)cc(CNCC(C)C)cc2F)n1. The number of rotatable bonds is 6. The Morgan fingerprint density at radius 1 is 1.29 bits per heavy atom. The van der Waals surface area contributed by atoms with Gasteiger partial charge < -0.3 is 5.32 Å². The van der Waals surface area contributed by atoms with Crippen molar-refractivity contribution in [1.29, 1.82) is 0 Å². The maximum atomic E-state index is 14.1. The monoisotopic (exact) mass is 328 g/mol. The molecule has 6 heteroatoms. The van der Waals surface area contributed by atoms with Gasteiger partial charge in [0.1, 0.15) is 11.6 Å². The third-order valence-electron chi connectivity index (χ3n) is 2.73. The molecule has 0 radical (unpaired) electrons. The Hall–Kier alpha value is -0.980. The van der Waals surface area contributed by atoms with E-state index in [-0.39, 0.29) is 4.90 Å². The van der Waals surface area contributed by atoms with Gasteiger partial charge in [0.05, 0.1) is 4.90 Å². The first-order chi connectivity index (χ1) is 9.95. The van der Waals surface area contributed by atoms with E-state index in [9.17, 15) is 8.78 Å². The van der Waals surface area contributed by atoms with Gasteiger partial charge in [-0.05, 0) is 37.1 Å². The van der Waals surface area contributed by atoms with Gasteiger partial charge in [0.2, 0.25) is 0 Å². The number of halogens is 2. The molecule has 1 N–H and O–H groups in total. The van der Waals surface area contributed by atoms with Crippen LogP contribution in [0.25, 0.3) is 0 Å². The zero-order valence-corrected chi connectivity index (χ0v) is 13.9. The first-order valence-electron chi connectivity index (χ1n) is 6.74. The van der Waals surface area contributed by atoms with E-state index in [0.717, 1.165) is 24.0 Å². The van der Waals surface area contributed by atoms with Gasteiger partial charge >= 0.3 is 0 Å². The third kappa shape index (κ3) is 4.76. The van der Waals surface area contributed by atoms with Gasteiger partial charge in [-0.3, -0.25) is 0 Å². The van der Waals surface area contributed by atoms with Gasteiger partial charge in [-0.1, -0.05) is 25.6 Å². The summed E-state index contributed by atoms with van der Waals surface area (Å²) >= 11 is 2.43. The van der Waals surface area contributed by atoms with Gasteiger partial charge in [0.15, 0.2) is 4.34 Å². The molecule has 1 heterocycles. The van der Waals surface area contributed by atoms with E-state index >= 15 is 0 Å². The average molecular weight is 328 g/mol. The molecule has 1 aromatic heterocycles. The molecular formula is C15H18F2N2S2. The average Bonchev–Trinajstić information content (AvgIpc) is 2.79. The van der Waals surface area contributed by atoms with Gasteiger partial charge in [-0.25, -0.2) is 13.8 Å². The lowest BCUT2D eigenvalue weighted by Crippen LogP contribution is -2.19. The number of benzene rings is 1. The number of nitrogens with zero attached hydrogens (tertiary/aromatic N) is 1. The fraction of sp³-hybridized carbons (Fsp3) is 0.400. The van der Waals surface area contributed by atoms with Crippen LogP contribution in [0.4, 0.5) is 8.78 Å². The summed E-state index contributed by atoms with van der Waals surface area (Å²) in [5.41, 5.74) is 1.48. The van der Waals surface area contributed by atoms with Crippen LogP contribution in [0.1, 0.15) is 25.1 Å². The lowest BCUT2D eigenvalue weighted by Gasteiger charge is -2.09. The number of nitrogens with one attached hydrogen (secondary N) is 1. The summed E-state index contributed by atoms with van der Waals surface area (Å²) in [4.78, 5) is 4.23. The number of aromatic nitrogens is 1. The second-order valence-corrected chi connectivity index (χ2v) is 7.39. The number of hydrogen-bond acceptors (Lipinski definition) is 4. The zero-order valence-electron chi connectivity index (χ0n) is 12.2. The largest absolute Gasteiger partial charge is 0.312 e. The summed E-state index contributed by atoms with van der Waals surface area (Å²) in [6.45, 7) is 7.32. The van der Waals surface area contributed by atoms with Crippen LogP contribution in [0.15, 0.2) is 26.7 Å². The van der Waals surface area contributed by atoms with E-state index in [1.165, 1.54) is 23.5 Å². The van der Waals surface area contributed by atoms with Crippen molar-refractivity contribution in [2.24, 2.45) is 5.92 Å². The molecule has 21 heavy (non-hydrogen) atoms. The van der Waals surface area contributed by atoms with Crippen molar-refractivity contribution in [1.82, 2.24) is 10.3 Å². The van der Waals surface area contributed by atoms with Gasteiger partial charge in [-0.15, -0.1) is 11.3 Å². The maximum Gasteiger partial charge on any atom is 0.155 e. The summed E-state index contributed by atoms with van der Waals surface area (Å²) < 4.78 is 28.8. The second kappa shape index (κ2) is 7.33. The summed E-state index contributed by atoms with van der Waals surface area (Å²) in [5, 5.41) is 5.04. The van der Waals surface area contributed by atoms with Crippen molar-refractivity contribution in [3.63, 3.8) is 0 Å². The van der Waals surface area contributed by atoms with Crippen LogP contribution in [-0.4, -0.2) is 11.5 Å². The van der Waals surface area contributed by atoms with E-state index in [1.54, 1.807) is 0 Å². The van der Waals surface area contributed by atoms with E-state index in [4.69, 9.17) is 0 Å². The molecule has 0 aliphatic heterocycles. The molecule has 114 valence electrons. The smallest absolute Gasteiger partial charge is 0.155 e. The van der Waals surface area contributed by atoms with E-state index in [0.29, 0.717) is 22.4 Å². The minimum absolute atomic E-state index is 0.0111. The molecule has 0 aliphatic carbocycles. The third-order valence-corrected chi connectivity index (χ3v) is 4.88. The predicted molar refractivity (Wildman–Crippen MR) is 83.9 cm³/mol. The second-order valence-electron chi connectivity index (χ2n) is 5.27. The lowest BCUT2D eigenvalue weighted by molar-refractivity contribution is 0.525. The lowest BCUT2D eigenvalue weighted by atomic mass is 10.2. The molecule has 1 aromatic carbocycles. The minimum Gasteiger partial charge on any atom is -0.312 e. The molecule has 2 aromatic rings. The summed E-state index contributed by atoms with van der Waals surface area (Å²) in [6, 6.07) is 2.78. The molecule has 0 unspecified atom stereocenters. The highest BCUT2D eigenvalue weighted by atomic mass is 32.2. The van der Waals surface area contributed by atoms with E-state index < -0.39 is 11.6 Å². The molecule has 0 saturated carbocycles. The van der Waals surface area contributed by atoms with Crippen LogP contribution in [0.2, 0.25) is 0 Å². The Balaban J connectivity index is 2.09. The molecule has 0 bridgehead atoms. The first-order valence-corrected chi connectivity index (χ1v) is 8.44. The Bertz CT molecular complexity index is 588. The summed E-state index contributed by atoms with van der Waals surface area (Å²) in [6.07, 6.45) is 0. The van der Waals surface area contributed by atoms with Crippen molar-refractivity contribution in [2.45, 2.75) is 36.6 Å². The molecule has 0 fully saturated rings.